The van der Waals surface area contributed by atoms with Crippen molar-refractivity contribution in [3.8, 4) is 0 Å². The summed E-state index contributed by atoms with van der Waals surface area (Å²) in [4.78, 5) is 14.6. The molecule has 2 heterocycles. The van der Waals surface area contributed by atoms with E-state index in [2.05, 4.69) is 11.5 Å². The van der Waals surface area contributed by atoms with Gasteiger partial charge in [0, 0.05) is 31.9 Å². The molecule has 0 spiro atoms. The fraction of sp³-hybridized carbons (Fsp3) is 0.667. The molecule has 4 nitrogen and oxygen atoms in total. The summed E-state index contributed by atoms with van der Waals surface area (Å²) in [6, 6.07) is 4.04. The smallest absolute Gasteiger partial charge is 0.270 e. The van der Waals surface area contributed by atoms with Gasteiger partial charge in [-0.2, -0.15) is 0 Å². The monoisotopic (exact) mass is 263 g/mol. The van der Waals surface area contributed by atoms with Crippen LogP contribution in [-0.4, -0.2) is 34.5 Å². The summed E-state index contributed by atoms with van der Waals surface area (Å²) >= 11 is 0. The summed E-state index contributed by atoms with van der Waals surface area (Å²) in [5.41, 5.74) is 6.79. The van der Waals surface area contributed by atoms with Gasteiger partial charge in [0.15, 0.2) is 0 Å². The number of aromatic nitrogens is 1. The lowest BCUT2D eigenvalue weighted by atomic mass is 9.92. The number of carbonyl (C=O) groups is 1. The highest BCUT2D eigenvalue weighted by atomic mass is 16.2. The molecule has 1 amide bonds. The Balaban J connectivity index is 2.08. The third-order valence-corrected chi connectivity index (χ3v) is 4.00. The van der Waals surface area contributed by atoms with Crippen LogP contribution in [0, 0.1) is 5.92 Å². The Labute approximate surface area is 115 Å². The van der Waals surface area contributed by atoms with Crippen molar-refractivity contribution in [1.82, 2.24) is 9.47 Å². The molecule has 4 heteroatoms. The normalized spacial score (nSPS) is 21.4. The zero-order chi connectivity index (χ0) is 13.8. The lowest BCUT2D eigenvalue weighted by Gasteiger charge is -2.34. The molecule has 2 N–H and O–H groups in total. The van der Waals surface area contributed by atoms with E-state index in [4.69, 9.17) is 5.73 Å². The molecule has 106 valence electrons. The molecule has 0 radical (unpaired) electrons. The Kier molecular flexibility index (Phi) is 4.64. The molecule has 19 heavy (non-hydrogen) atoms. The highest BCUT2D eigenvalue weighted by Gasteiger charge is 2.27. The minimum atomic E-state index is 0.156. The molecule has 1 aromatic heterocycles. The van der Waals surface area contributed by atoms with Crippen molar-refractivity contribution in [2.45, 2.75) is 45.7 Å². The maximum absolute atomic E-state index is 12.6. The van der Waals surface area contributed by atoms with E-state index >= 15 is 0 Å². The van der Waals surface area contributed by atoms with Crippen LogP contribution in [0.5, 0.6) is 0 Å². The second-order valence-corrected chi connectivity index (χ2v) is 5.60. The fourth-order valence-corrected chi connectivity index (χ4v) is 2.83. The van der Waals surface area contributed by atoms with Crippen molar-refractivity contribution in [2.75, 3.05) is 13.1 Å². The first-order valence-electron chi connectivity index (χ1n) is 7.33. The number of piperidine rings is 1. The van der Waals surface area contributed by atoms with Crippen molar-refractivity contribution in [3.05, 3.63) is 24.0 Å². The molecule has 0 aliphatic carbocycles. The average Bonchev–Trinajstić information content (AvgIpc) is 2.86. The Morgan fingerprint density at radius 1 is 1.58 bits per heavy atom. The Bertz CT molecular complexity index is 425. The number of amides is 1. The standard InChI is InChI=1S/C15H25N3O/c1-3-8-17-9-5-7-14(17)15(19)18-10-4-6-13(11-18)12(2)16/h5,7,9,12-13H,3-4,6,8,10-11,16H2,1-2H3. The number of aryl methyl sites for hydroxylation is 1. The van der Waals surface area contributed by atoms with Crippen molar-refractivity contribution in [1.29, 1.82) is 0 Å². The van der Waals surface area contributed by atoms with E-state index in [0.29, 0.717) is 5.92 Å². The summed E-state index contributed by atoms with van der Waals surface area (Å²) in [5, 5.41) is 0. The molecule has 1 aliphatic heterocycles. The quantitative estimate of drug-likeness (QED) is 0.904. The van der Waals surface area contributed by atoms with Crippen LogP contribution in [-0.2, 0) is 6.54 Å². The molecule has 0 aromatic carbocycles. The Morgan fingerprint density at radius 3 is 3.05 bits per heavy atom. The number of hydrogen-bond acceptors (Lipinski definition) is 2. The number of rotatable bonds is 4. The number of carbonyl (C=O) groups excluding carboxylic acids is 1. The van der Waals surface area contributed by atoms with Gasteiger partial charge < -0.3 is 15.2 Å². The molecule has 2 rings (SSSR count). The van der Waals surface area contributed by atoms with Gasteiger partial charge in [0.1, 0.15) is 5.69 Å². The average molecular weight is 263 g/mol. The third kappa shape index (κ3) is 3.18. The molecular formula is C15H25N3O. The molecule has 0 bridgehead atoms. The first-order valence-corrected chi connectivity index (χ1v) is 7.33. The molecule has 2 atom stereocenters. The van der Waals surface area contributed by atoms with E-state index in [9.17, 15) is 4.79 Å². The van der Waals surface area contributed by atoms with Gasteiger partial charge in [-0.15, -0.1) is 0 Å². The predicted octanol–water partition coefficient (Wildman–Crippen LogP) is 2.10. The second kappa shape index (κ2) is 6.24. The van der Waals surface area contributed by atoms with E-state index in [1.165, 1.54) is 0 Å². The van der Waals surface area contributed by atoms with Gasteiger partial charge in [0.05, 0.1) is 0 Å². The predicted molar refractivity (Wildman–Crippen MR) is 77.0 cm³/mol. The van der Waals surface area contributed by atoms with E-state index in [-0.39, 0.29) is 11.9 Å². The molecule has 1 aliphatic rings. The van der Waals surface area contributed by atoms with Gasteiger partial charge in [0.25, 0.3) is 5.91 Å². The molecule has 1 aromatic rings. The highest BCUT2D eigenvalue weighted by Crippen LogP contribution is 2.20. The van der Waals surface area contributed by atoms with Crippen LogP contribution in [0.1, 0.15) is 43.6 Å². The van der Waals surface area contributed by atoms with Crippen LogP contribution in [0.25, 0.3) is 0 Å². The number of hydrogen-bond donors (Lipinski definition) is 1. The SMILES string of the molecule is CCCn1cccc1C(=O)N1CCCC(C(C)N)C1. The molecule has 2 unspecified atom stereocenters. The molecule has 1 saturated heterocycles. The maximum Gasteiger partial charge on any atom is 0.270 e. The lowest BCUT2D eigenvalue weighted by Crippen LogP contribution is -2.45. The van der Waals surface area contributed by atoms with Crippen molar-refractivity contribution in [2.24, 2.45) is 11.7 Å². The zero-order valence-electron chi connectivity index (χ0n) is 12.0. The van der Waals surface area contributed by atoms with Crippen LogP contribution < -0.4 is 5.73 Å². The summed E-state index contributed by atoms with van der Waals surface area (Å²) in [6.07, 6.45) is 5.23. The van der Waals surface area contributed by atoms with Gasteiger partial charge in [0.2, 0.25) is 0 Å². The minimum Gasteiger partial charge on any atom is -0.344 e. The van der Waals surface area contributed by atoms with E-state index in [1.807, 2.05) is 30.2 Å². The van der Waals surface area contributed by atoms with Crippen LogP contribution in [0.3, 0.4) is 0 Å². The first-order chi connectivity index (χ1) is 9.13. The third-order valence-electron chi connectivity index (χ3n) is 4.00. The lowest BCUT2D eigenvalue weighted by molar-refractivity contribution is 0.0650. The van der Waals surface area contributed by atoms with E-state index < -0.39 is 0 Å². The number of likely N-dealkylation sites (tertiary alicyclic amines) is 1. The van der Waals surface area contributed by atoms with E-state index in [1.54, 1.807) is 0 Å². The van der Waals surface area contributed by atoms with Crippen LogP contribution in [0.4, 0.5) is 0 Å². The van der Waals surface area contributed by atoms with E-state index in [0.717, 1.165) is 44.6 Å². The van der Waals surface area contributed by atoms with Crippen LogP contribution in [0.2, 0.25) is 0 Å². The Morgan fingerprint density at radius 2 is 2.37 bits per heavy atom. The minimum absolute atomic E-state index is 0.156. The van der Waals surface area contributed by atoms with Gasteiger partial charge >= 0.3 is 0 Å². The zero-order valence-corrected chi connectivity index (χ0v) is 12.0. The topological polar surface area (TPSA) is 51.3 Å². The fourth-order valence-electron chi connectivity index (χ4n) is 2.83. The van der Waals surface area contributed by atoms with Crippen molar-refractivity contribution >= 4 is 5.91 Å². The molecule has 0 saturated carbocycles. The summed E-state index contributed by atoms with van der Waals surface area (Å²) in [6.45, 7) is 6.73. The molecular weight excluding hydrogens is 238 g/mol. The second-order valence-electron chi connectivity index (χ2n) is 5.60. The maximum atomic E-state index is 12.6. The largest absolute Gasteiger partial charge is 0.344 e. The summed E-state index contributed by atoms with van der Waals surface area (Å²) in [5.74, 6) is 0.594. The van der Waals surface area contributed by atoms with Crippen molar-refractivity contribution < 1.29 is 4.79 Å². The van der Waals surface area contributed by atoms with Gasteiger partial charge in [-0.25, -0.2) is 0 Å². The van der Waals surface area contributed by atoms with Crippen LogP contribution in [0.15, 0.2) is 18.3 Å². The number of nitrogens with two attached hydrogens (primary N) is 1. The summed E-state index contributed by atoms with van der Waals surface area (Å²) in [7, 11) is 0. The molecule has 1 fully saturated rings. The summed E-state index contributed by atoms with van der Waals surface area (Å²) < 4.78 is 2.05. The van der Waals surface area contributed by atoms with Crippen molar-refractivity contribution in [3.63, 3.8) is 0 Å². The van der Waals surface area contributed by atoms with Crippen LogP contribution >= 0.6 is 0 Å². The van der Waals surface area contributed by atoms with Gasteiger partial charge in [-0.05, 0) is 44.2 Å². The van der Waals surface area contributed by atoms with Gasteiger partial charge in [-0.3, -0.25) is 4.79 Å². The Hall–Kier alpha value is -1.29. The first kappa shape index (κ1) is 14.1. The highest BCUT2D eigenvalue weighted by molar-refractivity contribution is 5.92. The van der Waals surface area contributed by atoms with Gasteiger partial charge in [-0.1, -0.05) is 6.92 Å². The number of nitrogens with zero attached hydrogens (tertiary/aromatic N) is 2.